The van der Waals surface area contributed by atoms with Gasteiger partial charge >= 0.3 is 0 Å². The van der Waals surface area contributed by atoms with Crippen molar-refractivity contribution in [2.75, 3.05) is 0 Å². The second-order valence-corrected chi connectivity index (χ2v) is 4.39. The first-order valence-electron chi connectivity index (χ1n) is 5.09. The third-order valence-corrected chi connectivity index (χ3v) is 2.99. The number of fused-ring (bicyclic) bond motifs is 1. The van der Waals surface area contributed by atoms with Crippen molar-refractivity contribution in [2.45, 2.75) is 17.9 Å². The Morgan fingerprint density at radius 2 is 2.12 bits per heavy atom. The Morgan fingerprint density at radius 1 is 1.24 bits per heavy atom. The minimum Gasteiger partial charge on any atom is -0.431 e. The summed E-state index contributed by atoms with van der Waals surface area (Å²) < 4.78 is 10.4. The summed E-state index contributed by atoms with van der Waals surface area (Å²) in [5, 5.41) is 4.43. The predicted octanol–water partition coefficient (Wildman–Crippen LogP) is 2.81. The van der Waals surface area contributed by atoms with E-state index < -0.39 is 0 Å². The van der Waals surface area contributed by atoms with E-state index in [1.807, 2.05) is 24.3 Å². The maximum Gasteiger partial charge on any atom is 0.257 e. The number of nitrogens with zero attached hydrogens (tertiary/aromatic N) is 3. The van der Waals surface area contributed by atoms with E-state index in [2.05, 4.69) is 15.1 Å². The highest BCUT2D eigenvalue weighted by molar-refractivity contribution is 7.98. The summed E-state index contributed by atoms with van der Waals surface area (Å²) in [6, 6.07) is 7.67. The van der Waals surface area contributed by atoms with Gasteiger partial charge in [0, 0.05) is 6.92 Å². The van der Waals surface area contributed by atoms with Crippen LogP contribution >= 0.6 is 11.8 Å². The summed E-state index contributed by atoms with van der Waals surface area (Å²) in [6.07, 6.45) is 0. The number of aromatic nitrogens is 3. The predicted molar refractivity (Wildman–Crippen MR) is 62.6 cm³/mol. The van der Waals surface area contributed by atoms with Crippen LogP contribution in [0.1, 0.15) is 11.7 Å². The monoisotopic (exact) mass is 247 g/mol. The molecule has 0 aliphatic rings. The Labute approximate surface area is 101 Å². The molecule has 0 amide bonds. The first kappa shape index (κ1) is 10.3. The Bertz CT molecular complexity index is 614. The molecule has 17 heavy (non-hydrogen) atoms. The molecule has 0 atom stereocenters. The molecule has 0 aliphatic carbocycles. The lowest BCUT2D eigenvalue weighted by atomic mass is 10.3. The van der Waals surface area contributed by atoms with Crippen molar-refractivity contribution < 1.29 is 8.94 Å². The fourth-order valence-corrected chi connectivity index (χ4v) is 2.12. The molecular formula is C11H9N3O2S. The van der Waals surface area contributed by atoms with E-state index in [4.69, 9.17) is 8.94 Å². The highest BCUT2D eigenvalue weighted by Crippen LogP contribution is 2.25. The van der Waals surface area contributed by atoms with Gasteiger partial charge in [-0.2, -0.15) is 4.98 Å². The van der Waals surface area contributed by atoms with Gasteiger partial charge in [-0.15, -0.1) is 0 Å². The summed E-state index contributed by atoms with van der Waals surface area (Å²) in [7, 11) is 0. The number of hydrogen-bond acceptors (Lipinski definition) is 6. The molecule has 0 bridgehead atoms. The van der Waals surface area contributed by atoms with Crippen molar-refractivity contribution in [3.63, 3.8) is 0 Å². The van der Waals surface area contributed by atoms with Crippen molar-refractivity contribution in [1.82, 2.24) is 15.1 Å². The van der Waals surface area contributed by atoms with Crippen LogP contribution in [0.4, 0.5) is 0 Å². The molecule has 86 valence electrons. The van der Waals surface area contributed by atoms with E-state index in [0.717, 1.165) is 11.1 Å². The largest absolute Gasteiger partial charge is 0.431 e. The Balaban J connectivity index is 1.76. The zero-order valence-corrected chi connectivity index (χ0v) is 9.90. The first-order chi connectivity index (χ1) is 8.31. The Morgan fingerprint density at radius 3 is 2.88 bits per heavy atom. The summed E-state index contributed by atoms with van der Waals surface area (Å²) in [5.41, 5.74) is 1.65. The average molecular weight is 247 g/mol. The van der Waals surface area contributed by atoms with E-state index >= 15 is 0 Å². The van der Waals surface area contributed by atoms with Crippen LogP contribution in [0, 0.1) is 6.92 Å². The number of aryl methyl sites for hydroxylation is 1. The number of thioether (sulfide) groups is 1. The number of para-hydroxylation sites is 2. The fourth-order valence-electron chi connectivity index (χ4n) is 1.44. The van der Waals surface area contributed by atoms with Crippen molar-refractivity contribution in [3.8, 4) is 0 Å². The first-order valence-corrected chi connectivity index (χ1v) is 6.07. The normalized spacial score (nSPS) is 11.1. The maximum absolute atomic E-state index is 5.56. The quantitative estimate of drug-likeness (QED) is 0.663. The molecule has 2 aromatic heterocycles. The van der Waals surface area contributed by atoms with Gasteiger partial charge in [0.25, 0.3) is 5.22 Å². The van der Waals surface area contributed by atoms with Gasteiger partial charge in [0.05, 0.1) is 5.75 Å². The number of benzene rings is 1. The molecular weight excluding hydrogens is 238 g/mol. The summed E-state index contributed by atoms with van der Waals surface area (Å²) in [4.78, 5) is 8.46. The van der Waals surface area contributed by atoms with Crippen molar-refractivity contribution in [3.05, 3.63) is 36.0 Å². The third-order valence-electron chi connectivity index (χ3n) is 2.17. The minimum atomic E-state index is 0.568. The summed E-state index contributed by atoms with van der Waals surface area (Å²) in [6.45, 7) is 1.76. The molecule has 0 saturated carbocycles. The van der Waals surface area contributed by atoms with Gasteiger partial charge in [0.15, 0.2) is 11.4 Å². The molecule has 0 saturated heterocycles. The van der Waals surface area contributed by atoms with Crippen LogP contribution in [0.3, 0.4) is 0 Å². The number of hydrogen-bond donors (Lipinski definition) is 0. The molecule has 0 fully saturated rings. The lowest BCUT2D eigenvalue weighted by Gasteiger charge is -1.89. The smallest absolute Gasteiger partial charge is 0.257 e. The third kappa shape index (κ3) is 2.16. The molecule has 0 N–H and O–H groups in total. The lowest BCUT2D eigenvalue weighted by molar-refractivity contribution is 0.389. The maximum atomic E-state index is 5.56. The molecule has 3 aromatic rings. The van der Waals surface area contributed by atoms with Crippen LogP contribution in [-0.4, -0.2) is 15.1 Å². The van der Waals surface area contributed by atoms with Crippen LogP contribution in [0.5, 0.6) is 0 Å². The van der Waals surface area contributed by atoms with Gasteiger partial charge in [-0.25, -0.2) is 4.98 Å². The van der Waals surface area contributed by atoms with Crippen LogP contribution in [-0.2, 0) is 5.75 Å². The van der Waals surface area contributed by atoms with Gasteiger partial charge in [0.2, 0.25) is 5.89 Å². The average Bonchev–Trinajstić information content (AvgIpc) is 2.91. The van der Waals surface area contributed by atoms with E-state index in [-0.39, 0.29) is 0 Å². The van der Waals surface area contributed by atoms with Crippen molar-refractivity contribution in [2.24, 2.45) is 0 Å². The second kappa shape index (κ2) is 4.21. The summed E-state index contributed by atoms with van der Waals surface area (Å²) in [5.74, 6) is 1.80. The topological polar surface area (TPSA) is 65.0 Å². The molecule has 0 radical (unpaired) electrons. The van der Waals surface area contributed by atoms with Gasteiger partial charge in [0.1, 0.15) is 5.52 Å². The van der Waals surface area contributed by atoms with Gasteiger partial charge in [-0.3, -0.25) is 0 Å². The molecule has 0 spiro atoms. The zero-order valence-electron chi connectivity index (χ0n) is 9.08. The molecule has 3 rings (SSSR count). The molecule has 0 aliphatic heterocycles. The molecule has 5 nitrogen and oxygen atoms in total. The minimum absolute atomic E-state index is 0.568. The number of oxazole rings is 1. The lowest BCUT2D eigenvalue weighted by Crippen LogP contribution is -1.83. The van der Waals surface area contributed by atoms with Gasteiger partial charge < -0.3 is 8.94 Å². The number of rotatable bonds is 3. The molecule has 2 heterocycles. The van der Waals surface area contributed by atoms with E-state index in [1.54, 1.807) is 6.92 Å². The SMILES string of the molecule is Cc1nc(CSc2nc3ccccc3o2)no1. The van der Waals surface area contributed by atoms with E-state index in [9.17, 15) is 0 Å². The standard InChI is InChI=1S/C11H9N3O2S/c1-7-12-10(14-16-7)6-17-11-13-8-4-2-3-5-9(8)15-11/h2-5H,6H2,1H3. The molecule has 6 heteroatoms. The molecule has 0 unspecified atom stereocenters. The van der Waals surface area contributed by atoms with Crippen molar-refractivity contribution in [1.29, 1.82) is 0 Å². The molecule has 1 aromatic carbocycles. The van der Waals surface area contributed by atoms with Gasteiger partial charge in [-0.1, -0.05) is 29.1 Å². The van der Waals surface area contributed by atoms with E-state index in [0.29, 0.717) is 22.7 Å². The second-order valence-electron chi connectivity index (χ2n) is 3.47. The zero-order chi connectivity index (χ0) is 11.7. The summed E-state index contributed by atoms with van der Waals surface area (Å²) >= 11 is 1.45. The highest BCUT2D eigenvalue weighted by atomic mass is 32.2. The van der Waals surface area contributed by atoms with Crippen LogP contribution in [0.2, 0.25) is 0 Å². The van der Waals surface area contributed by atoms with Crippen molar-refractivity contribution >= 4 is 22.9 Å². The van der Waals surface area contributed by atoms with Crippen LogP contribution in [0.15, 0.2) is 38.4 Å². The van der Waals surface area contributed by atoms with Crippen LogP contribution < -0.4 is 0 Å². The van der Waals surface area contributed by atoms with Gasteiger partial charge in [-0.05, 0) is 12.1 Å². The highest BCUT2D eigenvalue weighted by Gasteiger charge is 2.08. The fraction of sp³-hybridized carbons (Fsp3) is 0.182. The van der Waals surface area contributed by atoms with E-state index in [1.165, 1.54) is 11.8 Å². The Kier molecular flexibility index (Phi) is 2.56. The van der Waals surface area contributed by atoms with Crippen LogP contribution in [0.25, 0.3) is 11.1 Å². The Hall–Kier alpha value is -1.82.